The van der Waals surface area contributed by atoms with Crippen LogP contribution in [0.1, 0.15) is 26.5 Å². The van der Waals surface area contributed by atoms with E-state index in [0.29, 0.717) is 5.69 Å². The van der Waals surface area contributed by atoms with E-state index in [1.54, 1.807) is 12.1 Å². The van der Waals surface area contributed by atoms with Crippen LogP contribution in [0.15, 0.2) is 18.2 Å². The third kappa shape index (κ3) is 4.08. The van der Waals surface area contributed by atoms with E-state index in [0.717, 1.165) is 0 Å². The number of aromatic nitrogens is 1. The van der Waals surface area contributed by atoms with Crippen molar-refractivity contribution in [2.24, 2.45) is 0 Å². The minimum absolute atomic E-state index is 0.00440. The number of halogens is 3. The van der Waals surface area contributed by atoms with Crippen LogP contribution in [0, 0.1) is 0 Å². The molecule has 0 radical (unpaired) electrons. The van der Waals surface area contributed by atoms with Crippen LogP contribution in [0.5, 0.6) is 5.88 Å². The van der Waals surface area contributed by atoms with E-state index in [4.69, 9.17) is 0 Å². The van der Waals surface area contributed by atoms with Gasteiger partial charge in [-0.2, -0.15) is 13.2 Å². The topological polar surface area (TPSA) is 22.1 Å². The molecule has 0 atom stereocenters. The summed E-state index contributed by atoms with van der Waals surface area (Å²) < 4.78 is 40.3. The Labute approximate surface area is 92.5 Å². The summed E-state index contributed by atoms with van der Waals surface area (Å²) in [5.74, 6) is 0.00440. The second-order valence-electron chi connectivity index (χ2n) is 4.51. The van der Waals surface area contributed by atoms with Gasteiger partial charge in [-0.25, -0.2) is 4.98 Å². The largest absolute Gasteiger partial charge is 0.468 e. The minimum atomic E-state index is -4.33. The molecule has 2 nitrogen and oxygen atoms in total. The lowest BCUT2D eigenvalue weighted by Crippen LogP contribution is -2.20. The maximum atomic E-state index is 11.9. The Bertz CT molecular complexity index is 355. The Kier molecular flexibility index (Phi) is 3.45. The van der Waals surface area contributed by atoms with Crippen molar-refractivity contribution in [3.05, 3.63) is 23.9 Å². The molecule has 1 heterocycles. The molecule has 0 fully saturated rings. The van der Waals surface area contributed by atoms with E-state index in [2.05, 4.69) is 9.72 Å². The van der Waals surface area contributed by atoms with Crippen molar-refractivity contribution in [2.75, 3.05) is 6.61 Å². The smallest absolute Gasteiger partial charge is 0.422 e. The molecule has 0 N–H and O–H groups in total. The Morgan fingerprint density at radius 3 is 2.31 bits per heavy atom. The van der Waals surface area contributed by atoms with E-state index in [1.807, 2.05) is 20.8 Å². The molecular weight excluding hydrogens is 219 g/mol. The van der Waals surface area contributed by atoms with Gasteiger partial charge in [0.1, 0.15) is 0 Å². The van der Waals surface area contributed by atoms with Crippen LogP contribution in [0.2, 0.25) is 0 Å². The van der Waals surface area contributed by atoms with Crippen molar-refractivity contribution in [1.82, 2.24) is 4.98 Å². The summed E-state index contributed by atoms with van der Waals surface area (Å²) in [7, 11) is 0. The maximum absolute atomic E-state index is 11.9. The molecule has 16 heavy (non-hydrogen) atoms. The number of pyridine rings is 1. The molecule has 0 aliphatic carbocycles. The van der Waals surface area contributed by atoms with Crippen LogP contribution in [-0.2, 0) is 5.41 Å². The van der Waals surface area contributed by atoms with Gasteiger partial charge in [0, 0.05) is 17.2 Å². The van der Waals surface area contributed by atoms with Gasteiger partial charge in [0.05, 0.1) is 0 Å². The van der Waals surface area contributed by atoms with Crippen molar-refractivity contribution < 1.29 is 17.9 Å². The van der Waals surface area contributed by atoms with Gasteiger partial charge in [0.2, 0.25) is 5.88 Å². The SMILES string of the molecule is CC(C)(C)c1cccc(OCC(F)(F)F)n1. The Morgan fingerprint density at radius 2 is 1.81 bits per heavy atom. The summed E-state index contributed by atoms with van der Waals surface area (Å²) in [6, 6.07) is 4.82. The van der Waals surface area contributed by atoms with E-state index in [9.17, 15) is 13.2 Å². The fourth-order valence-corrected chi connectivity index (χ4v) is 1.07. The number of rotatable bonds is 2. The van der Waals surface area contributed by atoms with Gasteiger partial charge >= 0.3 is 6.18 Å². The van der Waals surface area contributed by atoms with Crippen LogP contribution in [-0.4, -0.2) is 17.8 Å². The first kappa shape index (κ1) is 12.8. The summed E-state index contributed by atoms with van der Waals surface area (Å²) in [4.78, 5) is 4.02. The second-order valence-corrected chi connectivity index (χ2v) is 4.51. The molecule has 0 aromatic carbocycles. The molecule has 0 bridgehead atoms. The van der Waals surface area contributed by atoms with Crippen LogP contribution < -0.4 is 4.74 Å². The summed E-state index contributed by atoms with van der Waals surface area (Å²) in [6.07, 6.45) is -4.33. The standard InChI is InChI=1S/C11H14F3NO/c1-10(2,3)8-5-4-6-9(15-8)16-7-11(12,13)14/h4-6H,7H2,1-3H3. The van der Waals surface area contributed by atoms with Gasteiger partial charge in [-0.05, 0) is 6.07 Å². The molecule has 0 unspecified atom stereocenters. The van der Waals surface area contributed by atoms with Crippen molar-refractivity contribution in [2.45, 2.75) is 32.4 Å². The maximum Gasteiger partial charge on any atom is 0.422 e. The summed E-state index contributed by atoms with van der Waals surface area (Å²) >= 11 is 0. The van der Waals surface area contributed by atoms with E-state index in [1.165, 1.54) is 6.07 Å². The highest BCUT2D eigenvalue weighted by atomic mass is 19.4. The fraction of sp³-hybridized carbons (Fsp3) is 0.545. The van der Waals surface area contributed by atoms with Crippen LogP contribution in [0.3, 0.4) is 0 Å². The lowest BCUT2D eigenvalue weighted by molar-refractivity contribution is -0.154. The Balaban J connectivity index is 2.76. The zero-order valence-electron chi connectivity index (χ0n) is 9.43. The summed E-state index contributed by atoms with van der Waals surface area (Å²) in [5.41, 5.74) is 0.490. The van der Waals surface area contributed by atoms with Gasteiger partial charge < -0.3 is 4.74 Å². The Hall–Kier alpha value is -1.26. The molecular formula is C11H14F3NO. The molecule has 90 valence electrons. The molecule has 1 aromatic heterocycles. The molecule has 1 aromatic rings. The average molecular weight is 233 g/mol. The van der Waals surface area contributed by atoms with Crippen LogP contribution in [0.25, 0.3) is 0 Å². The lowest BCUT2D eigenvalue weighted by atomic mass is 9.92. The van der Waals surface area contributed by atoms with Gasteiger partial charge in [-0.15, -0.1) is 0 Å². The molecule has 0 aliphatic rings. The first-order valence-corrected chi connectivity index (χ1v) is 4.85. The second kappa shape index (κ2) is 4.31. The first-order valence-electron chi connectivity index (χ1n) is 4.85. The molecule has 0 saturated heterocycles. The van der Waals surface area contributed by atoms with Gasteiger partial charge in [-0.3, -0.25) is 0 Å². The molecule has 5 heteroatoms. The van der Waals surface area contributed by atoms with Crippen molar-refractivity contribution >= 4 is 0 Å². The zero-order valence-corrected chi connectivity index (χ0v) is 9.43. The average Bonchev–Trinajstić information content (AvgIpc) is 2.13. The predicted octanol–water partition coefficient (Wildman–Crippen LogP) is 3.32. The number of ether oxygens (including phenoxy) is 1. The van der Waals surface area contributed by atoms with Gasteiger partial charge in [0.15, 0.2) is 6.61 Å². The fourth-order valence-electron chi connectivity index (χ4n) is 1.07. The summed E-state index contributed by atoms with van der Waals surface area (Å²) in [5, 5.41) is 0. The molecule has 1 rings (SSSR count). The van der Waals surface area contributed by atoms with Gasteiger partial charge in [-0.1, -0.05) is 26.8 Å². The van der Waals surface area contributed by atoms with Crippen LogP contribution >= 0.6 is 0 Å². The minimum Gasteiger partial charge on any atom is -0.468 e. The van der Waals surface area contributed by atoms with E-state index >= 15 is 0 Å². The van der Waals surface area contributed by atoms with Crippen molar-refractivity contribution in [3.63, 3.8) is 0 Å². The summed E-state index contributed by atoms with van der Waals surface area (Å²) in [6.45, 7) is 4.49. The van der Waals surface area contributed by atoms with E-state index in [-0.39, 0.29) is 11.3 Å². The molecule has 0 aliphatic heterocycles. The van der Waals surface area contributed by atoms with Crippen molar-refractivity contribution in [1.29, 1.82) is 0 Å². The lowest BCUT2D eigenvalue weighted by Gasteiger charge is -2.18. The molecule has 0 spiro atoms. The van der Waals surface area contributed by atoms with E-state index < -0.39 is 12.8 Å². The first-order chi connectivity index (χ1) is 7.18. The van der Waals surface area contributed by atoms with Crippen molar-refractivity contribution in [3.8, 4) is 5.88 Å². The predicted molar refractivity (Wildman–Crippen MR) is 54.5 cm³/mol. The highest BCUT2D eigenvalue weighted by Gasteiger charge is 2.28. The number of alkyl halides is 3. The number of hydrogen-bond donors (Lipinski definition) is 0. The zero-order chi connectivity index (χ0) is 12.4. The number of nitrogens with zero attached hydrogens (tertiary/aromatic N) is 1. The third-order valence-corrected chi connectivity index (χ3v) is 1.88. The third-order valence-electron chi connectivity index (χ3n) is 1.88. The molecule has 0 amide bonds. The normalized spacial score (nSPS) is 12.6. The van der Waals surface area contributed by atoms with Gasteiger partial charge in [0.25, 0.3) is 0 Å². The monoisotopic (exact) mass is 233 g/mol. The highest BCUT2D eigenvalue weighted by molar-refractivity contribution is 5.20. The number of hydrogen-bond acceptors (Lipinski definition) is 2. The molecule has 0 saturated carbocycles. The van der Waals surface area contributed by atoms with Crippen LogP contribution in [0.4, 0.5) is 13.2 Å². The quantitative estimate of drug-likeness (QED) is 0.781. The highest BCUT2D eigenvalue weighted by Crippen LogP contribution is 2.23. The Morgan fingerprint density at radius 1 is 1.19 bits per heavy atom.